The van der Waals surface area contributed by atoms with E-state index in [2.05, 4.69) is 5.32 Å². The minimum absolute atomic E-state index is 0.0247. The summed E-state index contributed by atoms with van der Waals surface area (Å²) in [5.74, 6) is -4.09. The maximum absolute atomic E-state index is 14.0. The first-order valence-corrected chi connectivity index (χ1v) is 13.8. The largest absolute Gasteiger partial charge is 0.507 e. The second-order valence-electron chi connectivity index (χ2n) is 9.80. The van der Waals surface area contributed by atoms with Gasteiger partial charge in [-0.25, -0.2) is 8.42 Å². The SMILES string of the molecule is CC(=O)c1c(O)c(C)c(O)c2c1OC1=CC(=O)/C(=C(/C)Nc3cccc(N(CC(N)=O)S(C)(=O)=O)c3)C(=O)[C@@]12C. The number of phenols is 2. The standard InChI is InChI=1S/C27H27N3O9S/c1-12-23(34)21(14(3)31)25-22(24(12)35)27(4)18(39-25)10-17(32)20(26(27)36)13(2)29-15-7-6-8-16(9-15)30(11-19(28)33)40(5,37)38/h6-10,29,34-35H,11H2,1-5H3,(H2,28,33)/b20-13+/t27-/m0/s1. The number of ether oxygens (including phenoxy) is 1. The Kier molecular flexibility index (Phi) is 6.75. The zero-order valence-corrected chi connectivity index (χ0v) is 23.1. The summed E-state index contributed by atoms with van der Waals surface area (Å²) in [5.41, 5.74) is 3.50. The van der Waals surface area contributed by atoms with Gasteiger partial charge in [-0.1, -0.05) is 6.07 Å². The van der Waals surface area contributed by atoms with Crippen molar-refractivity contribution >= 4 is 44.7 Å². The van der Waals surface area contributed by atoms with Crippen molar-refractivity contribution in [1.29, 1.82) is 0 Å². The Morgan fingerprint density at radius 2 is 1.80 bits per heavy atom. The molecule has 4 rings (SSSR count). The van der Waals surface area contributed by atoms with E-state index in [1.54, 1.807) is 6.07 Å². The lowest BCUT2D eigenvalue weighted by atomic mass is 9.70. The molecule has 1 heterocycles. The molecule has 1 atom stereocenters. The minimum Gasteiger partial charge on any atom is -0.507 e. The molecule has 0 unspecified atom stereocenters. The molecule has 40 heavy (non-hydrogen) atoms. The summed E-state index contributed by atoms with van der Waals surface area (Å²) in [7, 11) is -3.87. The molecule has 0 aromatic heterocycles. The Hall–Kier alpha value is -4.65. The lowest BCUT2D eigenvalue weighted by Crippen LogP contribution is -2.40. The summed E-state index contributed by atoms with van der Waals surface area (Å²) in [6, 6.07) is 5.92. The van der Waals surface area contributed by atoms with Crippen molar-refractivity contribution in [3.05, 3.63) is 64.1 Å². The Morgan fingerprint density at radius 1 is 1.15 bits per heavy atom. The normalized spacial score (nSPS) is 19.3. The van der Waals surface area contributed by atoms with Gasteiger partial charge in [-0.3, -0.25) is 23.5 Å². The number of rotatable bonds is 7. The topological polar surface area (TPSA) is 193 Å². The van der Waals surface area contributed by atoms with Crippen molar-refractivity contribution in [2.24, 2.45) is 5.73 Å². The van der Waals surface area contributed by atoms with Gasteiger partial charge in [0.2, 0.25) is 15.9 Å². The number of phenolic OH excluding ortho intramolecular Hbond substituents is 2. The average Bonchev–Trinajstić information content (AvgIpc) is 3.13. The fraction of sp³-hybridized carbons (Fsp3) is 0.259. The van der Waals surface area contributed by atoms with Crippen LogP contribution in [0.15, 0.2) is 47.4 Å². The van der Waals surface area contributed by atoms with Crippen molar-refractivity contribution in [3.8, 4) is 17.2 Å². The third-order valence-electron chi connectivity index (χ3n) is 6.93. The van der Waals surface area contributed by atoms with E-state index in [0.29, 0.717) is 5.69 Å². The Morgan fingerprint density at radius 3 is 2.38 bits per heavy atom. The molecule has 0 saturated carbocycles. The molecule has 210 valence electrons. The molecule has 5 N–H and O–H groups in total. The van der Waals surface area contributed by atoms with Gasteiger partial charge in [0.15, 0.2) is 17.3 Å². The second kappa shape index (κ2) is 9.52. The van der Waals surface area contributed by atoms with E-state index in [-0.39, 0.29) is 45.2 Å². The van der Waals surface area contributed by atoms with Crippen LogP contribution in [0.1, 0.15) is 42.3 Å². The van der Waals surface area contributed by atoms with Crippen LogP contribution in [0.3, 0.4) is 0 Å². The molecule has 0 saturated heterocycles. The van der Waals surface area contributed by atoms with E-state index in [1.807, 2.05) is 0 Å². The van der Waals surface area contributed by atoms with Crippen molar-refractivity contribution in [3.63, 3.8) is 0 Å². The van der Waals surface area contributed by atoms with Gasteiger partial charge in [0, 0.05) is 23.0 Å². The number of fused-ring (bicyclic) bond motifs is 3. The number of aromatic hydroxyl groups is 2. The van der Waals surface area contributed by atoms with E-state index in [1.165, 1.54) is 45.9 Å². The molecule has 12 nitrogen and oxygen atoms in total. The highest BCUT2D eigenvalue weighted by Gasteiger charge is 2.56. The molecule has 13 heteroatoms. The number of anilines is 2. The molecule has 0 radical (unpaired) electrons. The second-order valence-corrected chi connectivity index (χ2v) is 11.7. The number of carbonyl (C=O) groups excluding carboxylic acids is 4. The van der Waals surface area contributed by atoms with Crippen LogP contribution in [0, 0.1) is 6.92 Å². The van der Waals surface area contributed by atoms with Crippen LogP contribution in [0.25, 0.3) is 0 Å². The molecule has 2 aliphatic rings. The molecule has 1 aliphatic carbocycles. The number of benzene rings is 2. The van der Waals surface area contributed by atoms with Gasteiger partial charge in [-0.2, -0.15) is 0 Å². The highest BCUT2D eigenvalue weighted by Crippen LogP contribution is 2.57. The molecule has 2 aromatic carbocycles. The van der Waals surface area contributed by atoms with Crippen molar-refractivity contribution < 1.29 is 42.5 Å². The number of hydrogen-bond donors (Lipinski definition) is 4. The van der Waals surface area contributed by atoms with Gasteiger partial charge in [0.25, 0.3) is 0 Å². The predicted molar refractivity (Wildman–Crippen MR) is 145 cm³/mol. The van der Waals surface area contributed by atoms with Crippen LogP contribution >= 0.6 is 0 Å². The molecule has 1 aliphatic heterocycles. The first-order chi connectivity index (χ1) is 18.5. The van der Waals surface area contributed by atoms with Gasteiger partial charge >= 0.3 is 0 Å². The maximum atomic E-state index is 14.0. The summed E-state index contributed by atoms with van der Waals surface area (Å²) in [6.45, 7) is 4.90. The van der Waals surface area contributed by atoms with Gasteiger partial charge in [0.1, 0.15) is 40.5 Å². The van der Waals surface area contributed by atoms with Gasteiger partial charge in [-0.05, 0) is 45.9 Å². The first-order valence-electron chi connectivity index (χ1n) is 11.9. The minimum atomic E-state index is -3.87. The lowest BCUT2D eigenvalue weighted by Gasteiger charge is -2.29. The molecule has 1 amide bonds. The summed E-state index contributed by atoms with van der Waals surface area (Å²) in [6.07, 6.45) is 2.01. The molecular formula is C27H27N3O9S. The van der Waals surface area contributed by atoms with E-state index >= 15 is 0 Å². The lowest BCUT2D eigenvalue weighted by molar-refractivity contribution is -0.123. The van der Waals surface area contributed by atoms with Crippen molar-refractivity contribution in [1.82, 2.24) is 0 Å². The third-order valence-corrected chi connectivity index (χ3v) is 8.07. The van der Waals surface area contributed by atoms with Gasteiger partial charge in [0.05, 0.1) is 23.1 Å². The predicted octanol–water partition coefficient (Wildman–Crippen LogP) is 1.93. The summed E-state index contributed by atoms with van der Waals surface area (Å²) < 4.78 is 31.0. The zero-order chi connectivity index (χ0) is 29.9. The first kappa shape index (κ1) is 28.4. The monoisotopic (exact) mass is 569 g/mol. The van der Waals surface area contributed by atoms with E-state index in [4.69, 9.17) is 10.5 Å². The van der Waals surface area contributed by atoms with E-state index in [9.17, 15) is 37.8 Å². The van der Waals surface area contributed by atoms with Gasteiger partial charge < -0.3 is 26.0 Å². The Labute approximate surface area is 229 Å². The van der Waals surface area contributed by atoms with Crippen LogP contribution in [0.2, 0.25) is 0 Å². The number of Topliss-reactive ketones (excluding diaryl/α,β-unsaturated/α-hetero) is 2. The fourth-order valence-electron chi connectivity index (χ4n) is 4.92. The van der Waals surface area contributed by atoms with Crippen LogP contribution < -0.4 is 20.1 Å². The number of hydrogen-bond acceptors (Lipinski definition) is 10. The van der Waals surface area contributed by atoms with Crippen LogP contribution in [0.4, 0.5) is 11.4 Å². The van der Waals surface area contributed by atoms with E-state index < -0.39 is 56.7 Å². The highest BCUT2D eigenvalue weighted by atomic mass is 32.2. The number of nitrogens with one attached hydrogen (secondary N) is 1. The third kappa shape index (κ3) is 4.37. The average molecular weight is 570 g/mol. The van der Waals surface area contributed by atoms with E-state index in [0.717, 1.165) is 16.6 Å². The number of primary amides is 1. The Bertz CT molecular complexity index is 1710. The van der Waals surface area contributed by atoms with Crippen molar-refractivity contribution in [2.45, 2.75) is 33.1 Å². The molecular weight excluding hydrogens is 542 g/mol. The molecule has 0 fully saturated rings. The molecule has 0 bridgehead atoms. The smallest absolute Gasteiger partial charge is 0.238 e. The van der Waals surface area contributed by atoms with Gasteiger partial charge in [-0.15, -0.1) is 0 Å². The number of allylic oxidation sites excluding steroid dienone is 4. The molecule has 0 spiro atoms. The maximum Gasteiger partial charge on any atom is 0.238 e. The number of amides is 1. The zero-order valence-electron chi connectivity index (χ0n) is 22.3. The quantitative estimate of drug-likeness (QED) is 0.217. The summed E-state index contributed by atoms with van der Waals surface area (Å²) in [4.78, 5) is 50.9. The summed E-state index contributed by atoms with van der Waals surface area (Å²) in [5, 5.41) is 24.4. The van der Waals surface area contributed by atoms with Crippen LogP contribution in [0.5, 0.6) is 17.2 Å². The molecule has 2 aromatic rings. The van der Waals surface area contributed by atoms with Crippen LogP contribution in [-0.4, -0.2) is 54.7 Å². The number of nitrogens with two attached hydrogens (primary N) is 1. The Balaban J connectivity index is 1.81. The number of carbonyl (C=O) groups is 4. The number of ketones is 3. The number of nitrogens with zero attached hydrogens (tertiary/aromatic N) is 1. The highest BCUT2D eigenvalue weighted by molar-refractivity contribution is 7.92. The fourth-order valence-corrected chi connectivity index (χ4v) is 5.78. The summed E-state index contributed by atoms with van der Waals surface area (Å²) >= 11 is 0. The van der Waals surface area contributed by atoms with Crippen LogP contribution in [-0.2, 0) is 29.8 Å². The number of sulfonamides is 1. The van der Waals surface area contributed by atoms with Crippen molar-refractivity contribution in [2.75, 3.05) is 22.4 Å².